The number of ether oxygens (including phenoxy) is 1. The zero-order chi connectivity index (χ0) is 13.1. The molecule has 0 spiro atoms. The Kier molecular flexibility index (Phi) is 3.62. The summed E-state index contributed by atoms with van der Waals surface area (Å²) in [6, 6.07) is 5.98. The number of aromatic nitrogens is 3. The zero-order valence-electron chi connectivity index (χ0n) is 10.9. The van der Waals surface area contributed by atoms with E-state index in [-0.39, 0.29) is 6.04 Å². The van der Waals surface area contributed by atoms with E-state index in [0.29, 0.717) is 6.61 Å². The summed E-state index contributed by atoms with van der Waals surface area (Å²) >= 11 is 0. The quantitative estimate of drug-likeness (QED) is 0.892. The highest BCUT2D eigenvalue weighted by atomic mass is 16.5. The summed E-state index contributed by atoms with van der Waals surface area (Å²) in [5.74, 6) is 1.60. The van der Waals surface area contributed by atoms with Gasteiger partial charge in [-0.05, 0) is 25.5 Å². The minimum Gasteiger partial charge on any atom is -0.485 e. The first-order valence-electron chi connectivity index (χ1n) is 5.89. The maximum Gasteiger partial charge on any atom is 0.170 e. The summed E-state index contributed by atoms with van der Waals surface area (Å²) in [6.45, 7) is 4.36. The molecule has 2 N–H and O–H groups in total. The summed E-state index contributed by atoms with van der Waals surface area (Å²) in [6.07, 6.45) is 1.65. The lowest BCUT2D eigenvalue weighted by molar-refractivity contribution is 0.287. The van der Waals surface area contributed by atoms with Crippen molar-refractivity contribution in [3.05, 3.63) is 41.5 Å². The van der Waals surface area contributed by atoms with Crippen LogP contribution in [0.5, 0.6) is 5.75 Å². The smallest absolute Gasteiger partial charge is 0.170 e. The van der Waals surface area contributed by atoms with Gasteiger partial charge in [-0.3, -0.25) is 0 Å². The molecule has 0 aliphatic heterocycles. The molecule has 0 aliphatic rings. The van der Waals surface area contributed by atoms with E-state index in [1.165, 1.54) is 0 Å². The molecule has 0 aliphatic carbocycles. The van der Waals surface area contributed by atoms with Crippen molar-refractivity contribution in [1.82, 2.24) is 14.8 Å². The Morgan fingerprint density at radius 2 is 2.22 bits per heavy atom. The molecular formula is C13H18N4O. The van der Waals surface area contributed by atoms with Crippen molar-refractivity contribution in [2.24, 2.45) is 12.8 Å². The van der Waals surface area contributed by atoms with Crippen molar-refractivity contribution < 1.29 is 4.74 Å². The van der Waals surface area contributed by atoms with Gasteiger partial charge in [-0.25, -0.2) is 0 Å². The molecule has 0 amide bonds. The Bertz CT molecular complexity index is 534. The molecule has 0 saturated heterocycles. The van der Waals surface area contributed by atoms with Crippen LogP contribution in [-0.4, -0.2) is 14.8 Å². The largest absolute Gasteiger partial charge is 0.485 e. The predicted octanol–water partition coefficient (Wildman–Crippen LogP) is 1.72. The number of nitrogens with two attached hydrogens (primary N) is 1. The molecule has 5 nitrogen and oxygen atoms in total. The van der Waals surface area contributed by atoms with Crippen molar-refractivity contribution in [2.45, 2.75) is 26.5 Å². The van der Waals surface area contributed by atoms with Crippen LogP contribution in [0.1, 0.15) is 29.9 Å². The van der Waals surface area contributed by atoms with Gasteiger partial charge in [-0.1, -0.05) is 12.1 Å². The number of rotatable bonds is 4. The van der Waals surface area contributed by atoms with Crippen molar-refractivity contribution in [3.63, 3.8) is 0 Å². The van der Waals surface area contributed by atoms with Crippen molar-refractivity contribution in [3.8, 4) is 5.75 Å². The molecular weight excluding hydrogens is 228 g/mol. The van der Waals surface area contributed by atoms with Crippen LogP contribution in [0.4, 0.5) is 0 Å². The van der Waals surface area contributed by atoms with Gasteiger partial charge in [-0.2, -0.15) is 0 Å². The van der Waals surface area contributed by atoms with E-state index in [1.807, 2.05) is 43.7 Å². The van der Waals surface area contributed by atoms with E-state index in [1.54, 1.807) is 6.33 Å². The normalized spacial score (nSPS) is 12.4. The van der Waals surface area contributed by atoms with Crippen LogP contribution >= 0.6 is 0 Å². The minimum atomic E-state index is -0.0555. The van der Waals surface area contributed by atoms with Crippen LogP contribution in [0.3, 0.4) is 0 Å². The second-order valence-corrected chi connectivity index (χ2v) is 4.48. The van der Waals surface area contributed by atoms with Crippen LogP contribution in [-0.2, 0) is 13.7 Å². The fourth-order valence-corrected chi connectivity index (χ4v) is 1.72. The lowest BCUT2D eigenvalue weighted by atomic mass is 10.1. The molecule has 96 valence electrons. The average molecular weight is 246 g/mol. The van der Waals surface area contributed by atoms with Crippen molar-refractivity contribution in [1.29, 1.82) is 0 Å². The molecule has 1 aromatic heterocycles. The third-order valence-electron chi connectivity index (χ3n) is 2.82. The Balaban J connectivity index is 2.18. The highest BCUT2D eigenvalue weighted by Crippen LogP contribution is 2.25. The van der Waals surface area contributed by atoms with Gasteiger partial charge in [0.05, 0.1) is 0 Å². The second kappa shape index (κ2) is 5.18. The highest BCUT2D eigenvalue weighted by molar-refractivity contribution is 5.38. The summed E-state index contributed by atoms with van der Waals surface area (Å²) in [5, 5.41) is 7.80. The predicted molar refractivity (Wildman–Crippen MR) is 69.1 cm³/mol. The molecule has 0 fully saturated rings. The first-order chi connectivity index (χ1) is 8.58. The lowest BCUT2D eigenvalue weighted by Crippen LogP contribution is -2.09. The van der Waals surface area contributed by atoms with Crippen LogP contribution in [0.2, 0.25) is 0 Å². The van der Waals surface area contributed by atoms with E-state index in [4.69, 9.17) is 10.5 Å². The zero-order valence-corrected chi connectivity index (χ0v) is 10.9. The molecule has 2 rings (SSSR count). The topological polar surface area (TPSA) is 66.0 Å². The highest BCUT2D eigenvalue weighted by Gasteiger charge is 2.10. The number of benzene rings is 1. The third kappa shape index (κ3) is 2.68. The fourth-order valence-electron chi connectivity index (χ4n) is 1.72. The SMILES string of the molecule is Cc1ccc([C@H](C)N)c(OCc2nncn2C)c1. The van der Waals surface area contributed by atoms with Crippen molar-refractivity contribution in [2.75, 3.05) is 0 Å². The standard InChI is InChI=1S/C13H18N4O/c1-9-4-5-11(10(2)14)12(6-9)18-7-13-16-15-8-17(13)3/h4-6,8,10H,7,14H2,1-3H3/t10-/m0/s1. The monoisotopic (exact) mass is 246 g/mol. The van der Waals surface area contributed by atoms with Gasteiger partial charge in [0, 0.05) is 18.7 Å². The summed E-state index contributed by atoms with van der Waals surface area (Å²) in [7, 11) is 1.89. The third-order valence-corrected chi connectivity index (χ3v) is 2.82. The molecule has 18 heavy (non-hydrogen) atoms. The van der Waals surface area contributed by atoms with E-state index in [2.05, 4.69) is 10.2 Å². The van der Waals surface area contributed by atoms with Crippen molar-refractivity contribution >= 4 is 0 Å². The molecule has 1 heterocycles. The Hall–Kier alpha value is -1.88. The van der Waals surface area contributed by atoms with Gasteiger partial charge in [0.15, 0.2) is 5.82 Å². The van der Waals surface area contributed by atoms with Gasteiger partial charge in [0.2, 0.25) is 0 Å². The summed E-state index contributed by atoms with van der Waals surface area (Å²) < 4.78 is 7.64. The van der Waals surface area contributed by atoms with Gasteiger partial charge >= 0.3 is 0 Å². The molecule has 1 atom stereocenters. The molecule has 1 aromatic carbocycles. The average Bonchev–Trinajstić information content (AvgIpc) is 2.72. The van der Waals surface area contributed by atoms with E-state index in [0.717, 1.165) is 22.7 Å². The number of hydrogen-bond acceptors (Lipinski definition) is 4. The van der Waals surface area contributed by atoms with Gasteiger partial charge in [-0.15, -0.1) is 10.2 Å². The number of nitrogens with zero attached hydrogens (tertiary/aromatic N) is 3. The summed E-state index contributed by atoms with van der Waals surface area (Å²) in [5.41, 5.74) is 8.08. The Morgan fingerprint density at radius 1 is 1.44 bits per heavy atom. The Labute approximate surface area is 107 Å². The second-order valence-electron chi connectivity index (χ2n) is 4.48. The van der Waals surface area contributed by atoms with Crippen LogP contribution in [0.25, 0.3) is 0 Å². The number of aryl methyl sites for hydroxylation is 2. The lowest BCUT2D eigenvalue weighted by Gasteiger charge is -2.14. The first kappa shape index (κ1) is 12.6. The minimum absolute atomic E-state index is 0.0555. The van der Waals surface area contributed by atoms with Crippen LogP contribution < -0.4 is 10.5 Å². The van der Waals surface area contributed by atoms with E-state index >= 15 is 0 Å². The van der Waals surface area contributed by atoms with E-state index in [9.17, 15) is 0 Å². The van der Waals surface area contributed by atoms with Crippen LogP contribution in [0, 0.1) is 6.92 Å². The molecule has 2 aromatic rings. The number of hydrogen-bond donors (Lipinski definition) is 1. The van der Waals surface area contributed by atoms with Crippen LogP contribution in [0.15, 0.2) is 24.5 Å². The molecule has 0 saturated carbocycles. The summed E-state index contributed by atoms with van der Waals surface area (Å²) in [4.78, 5) is 0. The first-order valence-corrected chi connectivity index (χ1v) is 5.89. The fraction of sp³-hybridized carbons (Fsp3) is 0.385. The van der Waals surface area contributed by atoms with Gasteiger partial charge in [0.25, 0.3) is 0 Å². The van der Waals surface area contributed by atoms with E-state index < -0.39 is 0 Å². The molecule has 0 radical (unpaired) electrons. The Morgan fingerprint density at radius 3 is 2.83 bits per heavy atom. The molecule has 0 bridgehead atoms. The van der Waals surface area contributed by atoms with Gasteiger partial charge < -0.3 is 15.0 Å². The molecule has 0 unspecified atom stereocenters. The van der Waals surface area contributed by atoms with Gasteiger partial charge in [0.1, 0.15) is 18.7 Å². The molecule has 5 heteroatoms. The maximum atomic E-state index is 5.93. The maximum absolute atomic E-state index is 5.93.